The maximum atomic E-state index is 13.6. The van der Waals surface area contributed by atoms with Crippen LogP contribution in [0.4, 0.5) is 32.0 Å². The molecule has 5 rings (SSSR count). The molecule has 1 N–H and O–H groups in total. The summed E-state index contributed by atoms with van der Waals surface area (Å²) in [5, 5.41) is 8.83. The van der Waals surface area contributed by atoms with Gasteiger partial charge in [0.1, 0.15) is 0 Å². The first-order valence-electron chi connectivity index (χ1n) is 16.0. The summed E-state index contributed by atoms with van der Waals surface area (Å²) >= 11 is 8.00. The van der Waals surface area contributed by atoms with Crippen molar-refractivity contribution in [3.63, 3.8) is 0 Å². The van der Waals surface area contributed by atoms with E-state index < -0.39 is 23.9 Å². The third-order valence-electron chi connectivity index (χ3n) is 8.63. The van der Waals surface area contributed by atoms with Crippen molar-refractivity contribution in [1.29, 1.82) is 0 Å². The fourth-order valence-corrected chi connectivity index (χ4v) is 7.39. The van der Waals surface area contributed by atoms with E-state index in [4.69, 9.17) is 21.5 Å². The quantitative estimate of drug-likeness (QED) is 0.236. The van der Waals surface area contributed by atoms with Gasteiger partial charge in [0.15, 0.2) is 0 Å². The molecule has 2 aromatic carbocycles. The zero-order chi connectivity index (χ0) is 36.6. The number of likely N-dealkylation sites (tertiary alicyclic amines) is 2. The summed E-state index contributed by atoms with van der Waals surface area (Å²) in [4.78, 5) is 45.5. The minimum atomic E-state index is -5.08. The van der Waals surface area contributed by atoms with Gasteiger partial charge in [-0.3, -0.25) is 14.6 Å². The normalized spacial score (nSPS) is 16.5. The van der Waals surface area contributed by atoms with Crippen LogP contribution in [0, 0.1) is 5.92 Å². The van der Waals surface area contributed by atoms with Crippen LogP contribution >= 0.6 is 23.4 Å². The number of carbonyl (C=O) groups excluding carboxylic acids is 2. The van der Waals surface area contributed by atoms with Gasteiger partial charge in [-0.1, -0.05) is 23.7 Å². The lowest BCUT2D eigenvalue weighted by Gasteiger charge is -2.35. The molecule has 272 valence electrons. The zero-order valence-corrected chi connectivity index (χ0v) is 28.7. The number of pyridine rings is 1. The van der Waals surface area contributed by atoms with E-state index in [1.165, 1.54) is 6.07 Å². The van der Waals surface area contributed by atoms with Crippen molar-refractivity contribution < 1.29 is 45.8 Å². The minimum Gasteiger partial charge on any atom is -0.475 e. The molecule has 16 heteroatoms. The number of aromatic nitrogens is 1. The van der Waals surface area contributed by atoms with E-state index in [1.54, 1.807) is 35.8 Å². The fourth-order valence-electron chi connectivity index (χ4n) is 5.96. The van der Waals surface area contributed by atoms with Crippen LogP contribution in [0.5, 0.6) is 0 Å². The summed E-state index contributed by atoms with van der Waals surface area (Å²) in [6.07, 6.45) is -3.80. The number of carboxylic acids is 1. The molecule has 8 nitrogen and oxygen atoms in total. The van der Waals surface area contributed by atoms with Gasteiger partial charge in [-0.25, -0.2) is 4.79 Å². The number of alkyl halides is 6. The molecule has 0 unspecified atom stereocenters. The number of carbonyl (C=O) groups is 3. The molecule has 2 amide bonds. The molecule has 0 bridgehead atoms. The van der Waals surface area contributed by atoms with Crippen molar-refractivity contribution in [2.45, 2.75) is 61.5 Å². The summed E-state index contributed by atoms with van der Waals surface area (Å²) in [6, 6.07) is 13.1. The first-order valence-corrected chi connectivity index (χ1v) is 17.3. The summed E-state index contributed by atoms with van der Waals surface area (Å²) in [5.74, 6) is -2.74. The Morgan fingerprint density at radius 3 is 2.20 bits per heavy atom. The van der Waals surface area contributed by atoms with Crippen molar-refractivity contribution in [3.05, 3.63) is 65.3 Å². The van der Waals surface area contributed by atoms with Gasteiger partial charge in [0.05, 0.1) is 11.1 Å². The lowest BCUT2D eigenvalue weighted by atomic mass is 9.94. The number of hydrogen-bond donors (Lipinski definition) is 1. The number of thioether (sulfide) groups is 1. The van der Waals surface area contributed by atoms with Crippen molar-refractivity contribution in [1.82, 2.24) is 14.8 Å². The average molecular weight is 747 g/mol. The number of nitrogens with zero attached hydrogens (tertiary/aromatic N) is 4. The highest BCUT2D eigenvalue weighted by molar-refractivity contribution is 8.00. The Morgan fingerprint density at radius 2 is 1.62 bits per heavy atom. The van der Waals surface area contributed by atoms with Crippen LogP contribution < -0.4 is 4.90 Å². The van der Waals surface area contributed by atoms with Crippen LogP contribution in [0.2, 0.25) is 5.02 Å². The summed E-state index contributed by atoms with van der Waals surface area (Å²) < 4.78 is 71.2. The van der Waals surface area contributed by atoms with Crippen LogP contribution in [-0.4, -0.2) is 88.4 Å². The third kappa shape index (κ3) is 11.0. The van der Waals surface area contributed by atoms with Crippen LogP contribution in [0.25, 0.3) is 10.9 Å². The molecule has 0 spiro atoms. The second-order valence-corrected chi connectivity index (χ2v) is 13.9. The minimum absolute atomic E-state index is 0.0495. The second kappa shape index (κ2) is 17.1. The number of carboxylic acid groups (broad SMARTS) is 1. The van der Waals surface area contributed by atoms with Crippen LogP contribution in [-0.2, 0) is 20.6 Å². The highest BCUT2D eigenvalue weighted by atomic mass is 35.5. The van der Waals surface area contributed by atoms with Crippen molar-refractivity contribution in [3.8, 4) is 0 Å². The van der Waals surface area contributed by atoms with Crippen molar-refractivity contribution in [2.24, 2.45) is 5.92 Å². The highest BCUT2D eigenvalue weighted by Gasteiger charge is 2.38. The van der Waals surface area contributed by atoms with Crippen LogP contribution in [0.15, 0.2) is 59.6 Å². The Bertz CT molecular complexity index is 1640. The van der Waals surface area contributed by atoms with Gasteiger partial charge in [0.25, 0.3) is 0 Å². The molecular formula is C34H37ClF6N4O4S. The Labute approximate surface area is 294 Å². The van der Waals surface area contributed by atoms with Gasteiger partial charge < -0.3 is 19.8 Å². The molecular weight excluding hydrogens is 710 g/mol. The Morgan fingerprint density at radius 1 is 0.960 bits per heavy atom. The number of benzene rings is 2. The largest absolute Gasteiger partial charge is 0.490 e. The van der Waals surface area contributed by atoms with Gasteiger partial charge in [-0.2, -0.15) is 26.3 Å². The molecule has 0 radical (unpaired) electrons. The monoisotopic (exact) mass is 746 g/mol. The molecule has 2 aliphatic heterocycles. The Hall–Kier alpha value is -3.56. The number of hydrogen-bond acceptors (Lipinski definition) is 6. The van der Waals surface area contributed by atoms with Gasteiger partial charge in [0.2, 0.25) is 11.8 Å². The molecule has 1 aromatic heterocycles. The van der Waals surface area contributed by atoms with E-state index in [-0.39, 0.29) is 17.7 Å². The second-order valence-electron chi connectivity index (χ2n) is 12.1. The highest BCUT2D eigenvalue weighted by Crippen LogP contribution is 2.37. The first-order chi connectivity index (χ1) is 23.5. The summed E-state index contributed by atoms with van der Waals surface area (Å²) in [5.41, 5.74) is 0.478. The van der Waals surface area contributed by atoms with Crippen molar-refractivity contribution >= 4 is 57.7 Å². The zero-order valence-electron chi connectivity index (χ0n) is 27.1. The van der Waals surface area contributed by atoms with Gasteiger partial charge in [0, 0.05) is 64.9 Å². The molecule has 50 heavy (non-hydrogen) atoms. The first kappa shape index (κ1) is 39.2. The lowest BCUT2D eigenvalue weighted by Crippen LogP contribution is -2.45. The lowest BCUT2D eigenvalue weighted by molar-refractivity contribution is -0.192. The molecule has 2 aliphatic rings. The molecule has 2 saturated heterocycles. The van der Waals surface area contributed by atoms with E-state index in [9.17, 15) is 35.9 Å². The molecule has 2 fully saturated rings. The maximum Gasteiger partial charge on any atom is 0.490 e. The molecule has 0 atom stereocenters. The van der Waals surface area contributed by atoms with E-state index in [2.05, 4.69) is 9.88 Å². The average Bonchev–Trinajstić information content (AvgIpc) is 3.06. The molecule has 3 heterocycles. The predicted molar refractivity (Wildman–Crippen MR) is 179 cm³/mol. The van der Waals surface area contributed by atoms with Crippen LogP contribution in [0.1, 0.15) is 44.6 Å². The number of amides is 2. The van der Waals surface area contributed by atoms with E-state index in [0.29, 0.717) is 48.3 Å². The maximum absolute atomic E-state index is 13.6. The number of rotatable bonds is 8. The third-order valence-corrected chi connectivity index (χ3v) is 10.3. The Balaban J connectivity index is 0.000000727. The number of piperidine rings is 2. The number of halogens is 7. The standard InChI is InChI=1S/C32H36ClF3N4O2S.C2HF3O2/c1-22(41)39-18-9-23(10-19-39)31(42)40(26-5-2-4-25(33)21-26)15-3-14-38-16-11-27(12-17-38)43-30-8-13-37-29-20-24(32(34,35)36)6-7-28(29)30;3-2(4,5)1(6)7/h2,4-8,13,20-21,23,27H,3,9-12,14-19H2,1H3;(H,6,7). The predicted octanol–water partition coefficient (Wildman–Crippen LogP) is 7.78. The van der Waals surface area contributed by atoms with Gasteiger partial charge in [-0.15, -0.1) is 11.8 Å². The number of fused-ring (bicyclic) bond motifs is 1. The van der Waals surface area contributed by atoms with E-state index in [0.717, 1.165) is 67.0 Å². The van der Waals surface area contributed by atoms with E-state index in [1.807, 2.05) is 29.2 Å². The SMILES string of the molecule is CC(=O)N1CCC(C(=O)N(CCCN2CCC(Sc3ccnc4cc(C(F)(F)F)ccc34)CC2)c2cccc(Cl)c2)CC1.O=C(O)C(F)(F)F. The van der Waals surface area contributed by atoms with E-state index >= 15 is 0 Å². The fraction of sp³-hybridized carbons (Fsp3) is 0.471. The molecule has 0 aliphatic carbocycles. The number of aliphatic carboxylic acids is 1. The Kier molecular flexibility index (Phi) is 13.4. The van der Waals surface area contributed by atoms with Gasteiger partial charge in [-0.05, 0) is 88.1 Å². The summed E-state index contributed by atoms with van der Waals surface area (Å²) in [6.45, 7) is 6.07. The molecule has 3 aromatic rings. The smallest absolute Gasteiger partial charge is 0.475 e. The number of anilines is 1. The van der Waals surface area contributed by atoms with Gasteiger partial charge >= 0.3 is 18.3 Å². The van der Waals surface area contributed by atoms with Crippen molar-refractivity contribution in [2.75, 3.05) is 44.2 Å². The summed E-state index contributed by atoms with van der Waals surface area (Å²) in [7, 11) is 0. The topological polar surface area (TPSA) is 94.1 Å². The molecule has 0 saturated carbocycles. The van der Waals surface area contributed by atoms with Crippen LogP contribution in [0.3, 0.4) is 0 Å².